The molecule has 28 heavy (non-hydrogen) atoms. The molecule has 0 amide bonds. The lowest BCUT2D eigenvalue weighted by Crippen LogP contribution is -2.41. The molecule has 2 aromatic rings. The molecule has 152 valence electrons. The number of hydrogen-bond donors (Lipinski definition) is 1. The van der Waals surface area contributed by atoms with E-state index in [4.69, 9.17) is 14.5 Å². The van der Waals surface area contributed by atoms with Crippen LogP contribution in [0.3, 0.4) is 0 Å². The molecule has 0 radical (unpaired) electrons. The van der Waals surface area contributed by atoms with E-state index in [-0.39, 0.29) is 24.0 Å². The molecule has 2 saturated heterocycles. The van der Waals surface area contributed by atoms with E-state index in [0.717, 1.165) is 50.1 Å². The van der Waals surface area contributed by atoms with Gasteiger partial charge in [-0.05, 0) is 36.6 Å². The van der Waals surface area contributed by atoms with Crippen LogP contribution in [0, 0.1) is 5.41 Å². The summed E-state index contributed by atoms with van der Waals surface area (Å²) in [6, 6.07) is 12.6. The maximum atomic E-state index is 5.67. The van der Waals surface area contributed by atoms with Crippen LogP contribution in [0.15, 0.2) is 41.4 Å². The molecule has 4 rings (SSSR count). The van der Waals surface area contributed by atoms with Crippen LogP contribution in [0.1, 0.15) is 25.3 Å². The maximum absolute atomic E-state index is 5.67. The molecule has 2 aliphatic heterocycles. The molecule has 1 atom stereocenters. The Kier molecular flexibility index (Phi) is 7.04. The molecule has 6 heteroatoms. The topological polar surface area (TPSA) is 46.1 Å². The number of nitrogens with zero attached hydrogens (tertiary/aromatic N) is 2. The summed E-state index contributed by atoms with van der Waals surface area (Å²) >= 11 is 0. The van der Waals surface area contributed by atoms with Crippen molar-refractivity contribution in [1.29, 1.82) is 0 Å². The number of ether oxygens (including phenoxy) is 2. The van der Waals surface area contributed by atoms with E-state index in [9.17, 15) is 0 Å². The zero-order valence-corrected chi connectivity index (χ0v) is 19.1. The van der Waals surface area contributed by atoms with Gasteiger partial charge in [-0.3, -0.25) is 0 Å². The maximum Gasteiger partial charge on any atom is 0.194 e. The Labute approximate surface area is 184 Å². The summed E-state index contributed by atoms with van der Waals surface area (Å²) in [5, 5.41) is 5.91. The SMILES string of the molecule is CCNC(=NCc1c(OC)ccc2ccccc12)N1CCC2(CCOC2)C1.I. The van der Waals surface area contributed by atoms with Crippen LogP contribution in [0.4, 0.5) is 0 Å². The number of benzene rings is 2. The second-order valence-electron chi connectivity index (χ2n) is 7.61. The summed E-state index contributed by atoms with van der Waals surface area (Å²) in [5.41, 5.74) is 1.47. The lowest BCUT2D eigenvalue weighted by molar-refractivity contribution is 0.156. The third-order valence-electron chi connectivity index (χ3n) is 5.86. The molecule has 0 aliphatic carbocycles. The van der Waals surface area contributed by atoms with Crippen molar-refractivity contribution in [1.82, 2.24) is 10.2 Å². The Bertz CT molecular complexity index is 834. The van der Waals surface area contributed by atoms with Gasteiger partial charge in [0.1, 0.15) is 5.75 Å². The Morgan fingerprint density at radius 1 is 1.25 bits per heavy atom. The molecular weight excluding hydrogens is 465 g/mol. The van der Waals surface area contributed by atoms with Gasteiger partial charge in [-0.2, -0.15) is 0 Å². The van der Waals surface area contributed by atoms with E-state index in [1.165, 1.54) is 23.6 Å². The number of rotatable bonds is 4. The average molecular weight is 495 g/mol. The van der Waals surface area contributed by atoms with Gasteiger partial charge in [-0.1, -0.05) is 30.3 Å². The smallest absolute Gasteiger partial charge is 0.194 e. The first-order valence-corrected chi connectivity index (χ1v) is 9.90. The van der Waals surface area contributed by atoms with Crippen molar-refractivity contribution in [2.75, 3.05) is 40.0 Å². The van der Waals surface area contributed by atoms with Gasteiger partial charge in [0.25, 0.3) is 0 Å². The predicted octanol–water partition coefficient (Wildman–Crippen LogP) is 4.04. The van der Waals surface area contributed by atoms with Crippen molar-refractivity contribution in [2.24, 2.45) is 10.4 Å². The molecule has 1 N–H and O–H groups in total. The van der Waals surface area contributed by atoms with Crippen LogP contribution in [0.25, 0.3) is 10.8 Å². The number of guanidine groups is 1. The zero-order valence-electron chi connectivity index (χ0n) is 16.7. The van der Waals surface area contributed by atoms with Gasteiger partial charge in [0.2, 0.25) is 0 Å². The zero-order chi connectivity index (χ0) is 18.7. The summed E-state index contributed by atoms with van der Waals surface area (Å²) in [7, 11) is 1.73. The molecule has 5 nitrogen and oxygen atoms in total. The predicted molar refractivity (Wildman–Crippen MR) is 125 cm³/mol. The Morgan fingerprint density at radius 2 is 2.11 bits per heavy atom. The third kappa shape index (κ3) is 4.22. The highest BCUT2D eigenvalue weighted by Gasteiger charge is 2.42. The first kappa shape index (κ1) is 21.2. The molecule has 0 bridgehead atoms. The van der Waals surface area contributed by atoms with Gasteiger partial charge in [-0.15, -0.1) is 24.0 Å². The second-order valence-corrected chi connectivity index (χ2v) is 7.61. The van der Waals surface area contributed by atoms with E-state index in [0.29, 0.717) is 12.0 Å². The van der Waals surface area contributed by atoms with Crippen molar-refractivity contribution in [3.8, 4) is 5.75 Å². The number of fused-ring (bicyclic) bond motifs is 1. The van der Waals surface area contributed by atoms with Crippen LogP contribution in [-0.4, -0.2) is 50.8 Å². The molecule has 2 aliphatic rings. The van der Waals surface area contributed by atoms with Gasteiger partial charge in [0.15, 0.2) is 5.96 Å². The minimum atomic E-state index is 0. The molecule has 2 aromatic carbocycles. The Morgan fingerprint density at radius 3 is 2.86 bits per heavy atom. The normalized spacial score (nSPS) is 21.9. The lowest BCUT2D eigenvalue weighted by Gasteiger charge is -2.25. The van der Waals surface area contributed by atoms with Crippen molar-refractivity contribution >= 4 is 40.7 Å². The molecule has 1 unspecified atom stereocenters. The van der Waals surface area contributed by atoms with Crippen LogP contribution in [0.5, 0.6) is 5.75 Å². The van der Waals surface area contributed by atoms with Gasteiger partial charge < -0.3 is 19.7 Å². The van der Waals surface area contributed by atoms with Crippen LogP contribution >= 0.6 is 24.0 Å². The van der Waals surface area contributed by atoms with Gasteiger partial charge in [0, 0.05) is 37.2 Å². The highest BCUT2D eigenvalue weighted by atomic mass is 127. The highest BCUT2D eigenvalue weighted by molar-refractivity contribution is 14.0. The number of halogens is 1. The van der Waals surface area contributed by atoms with E-state index >= 15 is 0 Å². The monoisotopic (exact) mass is 495 g/mol. The highest BCUT2D eigenvalue weighted by Crippen LogP contribution is 2.38. The molecule has 0 aromatic heterocycles. The molecule has 2 fully saturated rings. The van der Waals surface area contributed by atoms with E-state index in [2.05, 4.69) is 47.5 Å². The Hall–Kier alpha value is -1.54. The fourth-order valence-corrected chi connectivity index (χ4v) is 4.34. The standard InChI is InChI=1S/C22H29N3O2.HI/c1-3-23-21(25-12-10-22(15-25)11-13-27-16-22)24-14-19-18-7-5-4-6-17(18)8-9-20(19)26-2;/h4-9H,3,10-16H2,1-2H3,(H,23,24);1H. The summed E-state index contributed by atoms with van der Waals surface area (Å²) in [6.07, 6.45) is 2.36. The summed E-state index contributed by atoms with van der Waals surface area (Å²) in [5.74, 6) is 1.90. The summed E-state index contributed by atoms with van der Waals surface area (Å²) in [6.45, 7) is 7.46. The summed E-state index contributed by atoms with van der Waals surface area (Å²) in [4.78, 5) is 7.39. The fraction of sp³-hybridized carbons (Fsp3) is 0.500. The van der Waals surface area contributed by atoms with Gasteiger partial charge in [0.05, 0.1) is 20.3 Å². The molecule has 0 saturated carbocycles. The number of methoxy groups -OCH3 is 1. The summed E-state index contributed by atoms with van der Waals surface area (Å²) < 4.78 is 11.3. The van der Waals surface area contributed by atoms with E-state index in [1.807, 2.05) is 6.07 Å². The van der Waals surface area contributed by atoms with Crippen LogP contribution < -0.4 is 10.1 Å². The lowest BCUT2D eigenvalue weighted by atomic mass is 9.87. The first-order valence-electron chi connectivity index (χ1n) is 9.90. The number of aliphatic imine (C=N–C) groups is 1. The van der Waals surface area contributed by atoms with E-state index < -0.39 is 0 Å². The van der Waals surface area contributed by atoms with Crippen molar-refractivity contribution in [3.63, 3.8) is 0 Å². The van der Waals surface area contributed by atoms with Crippen molar-refractivity contribution < 1.29 is 9.47 Å². The number of likely N-dealkylation sites (tertiary alicyclic amines) is 1. The third-order valence-corrected chi connectivity index (χ3v) is 5.86. The molecule has 1 spiro atoms. The number of hydrogen-bond acceptors (Lipinski definition) is 3. The number of nitrogens with one attached hydrogen (secondary N) is 1. The first-order chi connectivity index (χ1) is 13.2. The van der Waals surface area contributed by atoms with Crippen molar-refractivity contribution in [3.05, 3.63) is 42.0 Å². The van der Waals surface area contributed by atoms with E-state index in [1.54, 1.807) is 7.11 Å². The fourth-order valence-electron chi connectivity index (χ4n) is 4.34. The van der Waals surface area contributed by atoms with Gasteiger partial charge >= 0.3 is 0 Å². The quantitative estimate of drug-likeness (QED) is 0.395. The molecule has 2 heterocycles. The van der Waals surface area contributed by atoms with Crippen LogP contribution in [-0.2, 0) is 11.3 Å². The largest absolute Gasteiger partial charge is 0.496 e. The average Bonchev–Trinajstić information content (AvgIpc) is 3.34. The van der Waals surface area contributed by atoms with Crippen LogP contribution in [0.2, 0.25) is 0 Å². The Balaban J connectivity index is 0.00000225. The van der Waals surface area contributed by atoms with Crippen molar-refractivity contribution in [2.45, 2.75) is 26.3 Å². The molecular formula is C22H30IN3O2. The minimum Gasteiger partial charge on any atom is -0.496 e. The van der Waals surface area contributed by atoms with Gasteiger partial charge in [-0.25, -0.2) is 4.99 Å². The minimum absolute atomic E-state index is 0. The second kappa shape index (κ2) is 9.31.